The lowest BCUT2D eigenvalue weighted by atomic mass is 10.1. The number of carbonyl (C=O) groups is 1. The van der Waals surface area contributed by atoms with Gasteiger partial charge in [0, 0.05) is 34.7 Å². The number of nitrogens with zero attached hydrogens (tertiary/aromatic N) is 2. The Morgan fingerprint density at radius 2 is 2.08 bits per heavy atom. The zero-order chi connectivity index (χ0) is 17.9. The van der Waals surface area contributed by atoms with Crippen LogP contribution in [0.2, 0.25) is 0 Å². The molecule has 0 unspecified atom stereocenters. The maximum Gasteiger partial charge on any atom is 0.430 e. The van der Waals surface area contributed by atoms with Crippen LogP contribution in [0.25, 0.3) is 10.9 Å². The second-order valence-electron chi connectivity index (χ2n) is 4.72. The fraction of sp³-hybridized carbons (Fsp3) is 0.133. The third-order valence-electron chi connectivity index (χ3n) is 3.02. The van der Waals surface area contributed by atoms with Crippen LogP contribution in [0, 0.1) is 0 Å². The summed E-state index contributed by atoms with van der Waals surface area (Å²) < 4.78 is 38.1. The summed E-state index contributed by atoms with van der Waals surface area (Å²) in [5.41, 5.74) is 4.38. The first-order valence-electron chi connectivity index (χ1n) is 6.58. The van der Waals surface area contributed by atoms with Crippen LogP contribution in [0.15, 0.2) is 51.7 Å². The van der Waals surface area contributed by atoms with Gasteiger partial charge in [-0.1, -0.05) is 6.07 Å². The van der Waals surface area contributed by atoms with Crippen LogP contribution >= 0.6 is 15.9 Å². The fourth-order valence-corrected chi connectivity index (χ4v) is 2.16. The molecule has 3 N–H and O–H groups in total. The molecule has 0 radical (unpaired) electrons. The number of fused-ring (bicyclic) bond motifs is 1. The molecule has 0 saturated heterocycles. The molecular formula is C15H12BrF3N4O. The number of rotatable bonds is 2. The van der Waals surface area contributed by atoms with E-state index in [0.717, 1.165) is 9.86 Å². The lowest BCUT2D eigenvalue weighted by molar-refractivity contribution is -0.0925. The van der Waals surface area contributed by atoms with Crippen molar-refractivity contribution < 1.29 is 18.0 Å². The summed E-state index contributed by atoms with van der Waals surface area (Å²) in [4.78, 5) is 19.9. The van der Waals surface area contributed by atoms with Gasteiger partial charge in [0.1, 0.15) is 11.5 Å². The van der Waals surface area contributed by atoms with E-state index in [1.54, 1.807) is 12.3 Å². The monoisotopic (exact) mass is 400 g/mol. The van der Waals surface area contributed by atoms with Crippen molar-refractivity contribution in [1.29, 1.82) is 0 Å². The van der Waals surface area contributed by atoms with Gasteiger partial charge in [-0.25, -0.2) is 0 Å². The van der Waals surface area contributed by atoms with E-state index in [4.69, 9.17) is 5.73 Å². The van der Waals surface area contributed by atoms with E-state index in [1.807, 2.05) is 6.07 Å². The first kappa shape index (κ1) is 17.9. The predicted octanol–water partition coefficient (Wildman–Crippen LogP) is 3.16. The van der Waals surface area contributed by atoms with Gasteiger partial charge in [0.25, 0.3) is 5.91 Å². The van der Waals surface area contributed by atoms with Crippen molar-refractivity contribution in [3.8, 4) is 0 Å². The van der Waals surface area contributed by atoms with Gasteiger partial charge >= 0.3 is 6.18 Å². The molecular weight excluding hydrogens is 389 g/mol. The summed E-state index contributed by atoms with van der Waals surface area (Å²) in [7, 11) is 1.25. The number of halogens is 4. The molecule has 9 heteroatoms. The molecule has 0 aliphatic heterocycles. The molecule has 0 aliphatic carbocycles. The van der Waals surface area contributed by atoms with Crippen molar-refractivity contribution in [2.24, 2.45) is 10.7 Å². The number of hydrogen-bond donors (Lipinski definition) is 2. The number of alkyl halides is 3. The zero-order valence-electron chi connectivity index (χ0n) is 12.4. The van der Waals surface area contributed by atoms with Crippen LogP contribution in [0.3, 0.4) is 0 Å². The van der Waals surface area contributed by atoms with E-state index in [1.165, 1.54) is 19.2 Å². The Balaban J connectivity index is 2.24. The van der Waals surface area contributed by atoms with Gasteiger partial charge in [0.2, 0.25) is 0 Å². The molecule has 0 atom stereocenters. The van der Waals surface area contributed by atoms with E-state index in [-0.39, 0.29) is 11.4 Å². The summed E-state index contributed by atoms with van der Waals surface area (Å²) >= 11 is 3.29. The Kier molecular flexibility index (Phi) is 5.23. The lowest BCUT2D eigenvalue weighted by Crippen LogP contribution is -2.31. The normalized spacial score (nSPS) is 13.2. The number of aliphatic imine (C=N–C) groups is 1. The van der Waals surface area contributed by atoms with Crippen LogP contribution in [0.4, 0.5) is 13.2 Å². The number of allylic oxidation sites excluding steroid dienone is 1. The molecule has 2 aromatic rings. The number of hydrogen-bond acceptors (Lipinski definition) is 4. The standard InChI is InChI=1S/C15H12BrF3N4O/c1-21-13(6-12(20)15(17,18)19)23-14(24)9-3-2-8-4-10(16)7-22-11(8)5-9/h2-7H,20H2,1H3,(H,21,23,24). The largest absolute Gasteiger partial charge is 0.430 e. The molecule has 1 aromatic heterocycles. The van der Waals surface area contributed by atoms with Crippen LogP contribution in [0.1, 0.15) is 10.4 Å². The number of nitrogens with two attached hydrogens (primary N) is 1. The highest BCUT2D eigenvalue weighted by Crippen LogP contribution is 2.21. The molecule has 0 bridgehead atoms. The van der Waals surface area contributed by atoms with E-state index >= 15 is 0 Å². The van der Waals surface area contributed by atoms with Crippen LogP contribution < -0.4 is 11.1 Å². The molecule has 1 heterocycles. The first-order chi connectivity index (χ1) is 11.2. The van der Waals surface area contributed by atoms with Gasteiger partial charge in [-0.3, -0.25) is 14.8 Å². The van der Waals surface area contributed by atoms with Gasteiger partial charge in [-0.2, -0.15) is 13.2 Å². The second-order valence-corrected chi connectivity index (χ2v) is 5.64. The van der Waals surface area contributed by atoms with Crippen molar-refractivity contribution in [2.45, 2.75) is 6.18 Å². The van der Waals surface area contributed by atoms with Crippen LogP contribution in [-0.4, -0.2) is 30.0 Å². The highest BCUT2D eigenvalue weighted by atomic mass is 79.9. The Hall–Kier alpha value is -2.42. The third kappa shape index (κ3) is 4.31. The SMILES string of the molecule is CN=C(C=C(N)C(F)(F)F)NC(=O)c1ccc2cc(Br)cnc2c1. The van der Waals surface area contributed by atoms with E-state index in [0.29, 0.717) is 11.6 Å². The molecule has 5 nitrogen and oxygen atoms in total. The molecule has 1 aromatic carbocycles. The van der Waals surface area contributed by atoms with Crippen molar-refractivity contribution in [2.75, 3.05) is 7.05 Å². The summed E-state index contributed by atoms with van der Waals surface area (Å²) in [5.74, 6) is -0.910. The maximum absolute atomic E-state index is 12.4. The van der Waals surface area contributed by atoms with Crippen molar-refractivity contribution >= 4 is 38.6 Å². The number of carbonyl (C=O) groups excluding carboxylic acids is 1. The van der Waals surface area contributed by atoms with Crippen LogP contribution in [-0.2, 0) is 0 Å². The van der Waals surface area contributed by atoms with E-state index in [9.17, 15) is 18.0 Å². The summed E-state index contributed by atoms with van der Waals surface area (Å²) in [6.45, 7) is 0. The van der Waals surface area contributed by atoms with Crippen molar-refractivity contribution in [3.63, 3.8) is 0 Å². The molecule has 0 fully saturated rings. The Labute approximate surface area is 143 Å². The number of aromatic nitrogens is 1. The molecule has 2 rings (SSSR count). The van der Waals surface area contributed by atoms with Gasteiger partial charge in [0.15, 0.2) is 0 Å². The Bertz CT molecular complexity index is 846. The molecule has 0 saturated carbocycles. The minimum Gasteiger partial charge on any atom is -0.395 e. The number of pyridine rings is 1. The van der Waals surface area contributed by atoms with Crippen LogP contribution in [0.5, 0.6) is 0 Å². The molecule has 1 amide bonds. The fourth-order valence-electron chi connectivity index (χ4n) is 1.81. The van der Waals surface area contributed by atoms with Gasteiger partial charge in [0.05, 0.1) is 5.52 Å². The van der Waals surface area contributed by atoms with Gasteiger partial charge in [-0.05, 0) is 34.1 Å². The van der Waals surface area contributed by atoms with Crippen molar-refractivity contribution in [1.82, 2.24) is 10.3 Å². The molecule has 24 heavy (non-hydrogen) atoms. The molecule has 0 spiro atoms. The summed E-state index contributed by atoms with van der Waals surface area (Å²) in [6.07, 6.45) is -2.55. The predicted molar refractivity (Wildman–Crippen MR) is 88.6 cm³/mol. The Morgan fingerprint density at radius 3 is 2.71 bits per heavy atom. The smallest absolute Gasteiger partial charge is 0.395 e. The Morgan fingerprint density at radius 1 is 1.38 bits per heavy atom. The van der Waals surface area contributed by atoms with Crippen molar-refractivity contribution in [3.05, 3.63) is 52.3 Å². The summed E-state index contributed by atoms with van der Waals surface area (Å²) in [5, 5.41) is 3.09. The first-order valence-corrected chi connectivity index (χ1v) is 7.38. The number of amidine groups is 1. The van der Waals surface area contributed by atoms with E-state index in [2.05, 4.69) is 31.2 Å². The number of benzene rings is 1. The molecule has 0 aliphatic rings. The second kappa shape index (κ2) is 7.00. The van der Waals surface area contributed by atoms with Gasteiger partial charge in [-0.15, -0.1) is 0 Å². The average Bonchev–Trinajstić information content (AvgIpc) is 2.52. The number of nitrogens with one attached hydrogen (secondary N) is 1. The topological polar surface area (TPSA) is 80.4 Å². The van der Waals surface area contributed by atoms with E-state index < -0.39 is 17.8 Å². The maximum atomic E-state index is 12.4. The highest BCUT2D eigenvalue weighted by Gasteiger charge is 2.31. The average molecular weight is 401 g/mol. The lowest BCUT2D eigenvalue weighted by Gasteiger charge is -2.09. The molecule has 126 valence electrons. The van der Waals surface area contributed by atoms with Gasteiger partial charge < -0.3 is 11.1 Å². The highest BCUT2D eigenvalue weighted by molar-refractivity contribution is 9.10. The summed E-state index contributed by atoms with van der Waals surface area (Å²) in [6, 6.07) is 6.58. The zero-order valence-corrected chi connectivity index (χ0v) is 13.9. The number of amides is 1. The third-order valence-corrected chi connectivity index (χ3v) is 3.45. The minimum absolute atomic E-state index is 0.234. The minimum atomic E-state index is -4.69. The quantitative estimate of drug-likeness (QED) is 0.600.